The fourth-order valence-corrected chi connectivity index (χ4v) is 8.80. The van der Waals surface area contributed by atoms with Gasteiger partial charge >= 0.3 is 11.9 Å². The summed E-state index contributed by atoms with van der Waals surface area (Å²) in [5.41, 5.74) is -1.61. The first-order valence-corrected chi connectivity index (χ1v) is 21.2. The van der Waals surface area contributed by atoms with Gasteiger partial charge in [0.05, 0.1) is 49.6 Å². The maximum absolute atomic E-state index is 14.3. The van der Waals surface area contributed by atoms with Gasteiger partial charge in [0, 0.05) is 30.7 Å². The molecule has 14 nitrogen and oxygen atoms in total. The summed E-state index contributed by atoms with van der Waals surface area (Å²) in [6.45, 7) is 13.8. The molecule has 2 heterocycles. The number of nitrogens with zero attached hydrogens (tertiary/aromatic N) is 3. The summed E-state index contributed by atoms with van der Waals surface area (Å²) in [4.78, 5) is 30.0. The van der Waals surface area contributed by atoms with Crippen LogP contribution in [0.25, 0.3) is 0 Å². The van der Waals surface area contributed by atoms with Crippen molar-refractivity contribution in [3.8, 4) is 5.75 Å². The Labute approximate surface area is 360 Å². The summed E-state index contributed by atoms with van der Waals surface area (Å²) in [7, 11) is 6.83. The Bertz CT molecular complexity index is 1790. The highest BCUT2D eigenvalue weighted by Gasteiger charge is 2.52. The summed E-state index contributed by atoms with van der Waals surface area (Å²) >= 11 is 0. The summed E-state index contributed by atoms with van der Waals surface area (Å²) < 4.78 is 50.9. The Morgan fingerprint density at radius 1 is 1.00 bits per heavy atom. The van der Waals surface area contributed by atoms with Crippen LogP contribution in [0.3, 0.4) is 0 Å². The highest BCUT2D eigenvalue weighted by Crippen LogP contribution is 2.40. The molecule has 0 amide bonds. The topological polar surface area (TPSA) is 178 Å². The van der Waals surface area contributed by atoms with E-state index in [2.05, 4.69) is 10.2 Å². The Morgan fingerprint density at radius 3 is 2.21 bits per heavy atom. The molecule has 2 aliphatic rings. The molecule has 0 bridgehead atoms. The van der Waals surface area contributed by atoms with Crippen LogP contribution in [-0.2, 0) is 39.7 Å². The average molecular weight is 858 g/mol. The molecule has 0 saturated carbocycles. The van der Waals surface area contributed by atoms with Crippen molar-refractivity contribution in [1.29, 1.82) is 0 Å². The second-order valence-electron chi connectivity index (χ2n) is 17.5. The number of aliphatic hydroxyl groups is 3. The molecule has 14 atom stereocenters. The normalized spacial score (nSPS) is 36.4. The number of carbonyl (C=O) groups excluding carboxylic acids is 2. The first kappa shape index (κ1) is 49.8. The minimum absolute atomic E-state index is 0.132. The first-order chi connectivity index (χ1) is 28.7. The summed E-state index contributed by atoms with van der Waals surface area (Å²) in [6, 6.07) is 12.3. The Balaban J connectivity index is 1.89. The van der Waals surface area contributed by atoms with Crippen LogP contribution in [0.15, 0.2) is 58.7 Å². The number of aliphatic hydroxyl groups excluding tert-OH is 2. The van der Waals surface area contributed by atoms with E-state index < -0.39 is 89.4 Å². The van der Waals surface area contributed by atoms with Crippen LogP contribution >= 0.6 is 0 Å². The predicted molar refractivity (Wildman–Crippen MR) is 229 cm³/mol. The number of hydrogen-bond donors (Lipinski definition) is 3. The van der Waals surface area contributed by atoms with Gasteiger partial charge in [0.2, 0.25) is 0 Å². The van der Waals surface area contributed by atoms with Gasteiger partial charge in [0.1, 0.15) is 35.5 Å². The molecule has 2 aromatic carbocycles. The number of hydrogen-bond acceptors (Lipinski definition) is 14. The number of halogens is 1. The predicted octanol–water partition coefficient (Wildman–Crippen LogP) is 5.36. The number of cyclic esters (lactones) is 1. The SMILES string of the molecule is CC[C@H]1OC(=O)[C@H](C)[C@@H](OC(=O)Cc2ccc(F)cc2)[C@H](C)[C@@H](OC2OC(C)CC(N(C)C)C2O)[C@](C)(OC)C[C@@H](C)/C(=N\N=C\c2ccc(OC)cc2)[C@H](C)[C@@H](O)[C@]1(C)O. The lowest BCUT2D eigenvalue weighted by Gasteiger charge is -2.48. The number of benzene rings is 2. The van der Waals surface area contributed by atoms with Crippen molar-refractivity contribution < 1.29 is 57.7 Å². The summed E-state index contributed by atoms with van der Waals surface area (Å²) in [5, 5.41) is 44.9. The largest absolute Gasteiger partial charge is 0.497 e. The van der Waals surface area contributed by atoms with Crippen molar-refractivity contribution in [3.05, 3.63) is 65.5 Å². The first-order valence-electron chi connectivity index (χ1n) is 21.2. The Hall–Kier alpha value is -3.83. The third-order valence-electron chi connectivity index (χ3n) is 12.5. The molecule has 61 heavy (non-hydrogen) atoms. The average Bonchev–Trinajstić information content (AvgIpc) is 3.22. The number of likely N-dealkylation sites (N-methyl/N-ethyl adjacent to an activating group) is 1. The number of methoxy groups -OCH3 is 2. The van der Waals surface area contributed by atoms with E-state index in [0.717, 1.165) is 5.56 Å². The van der Waals surface area contributed by atoms with E-state index in [9.17, 15) is 29.3 Å². The second-order valence-corrected chi connectivity index (χ2v) is 17.5. The maximum Gasteiger partial charge on any atom is 0.312 e. The molecule has 0 radical (unpaired) electrons. The zero-order valence-electron chi connectivity index (χ0n) is 37.8. The lowest BCUT2D eigenvalue weighted by atomic mass is 9.73. The number of esters is 2. The molecule has 4 unspecified atom stereocenters. The molecule has 3 N–H and O–H groups in total. The standard InChI is InChI=1S/C46H68FN3O11/c1-13-36-46(8,55)41(53)28(4)38(49-48-25-32-16-20-34(56-11)21-17-32)26(2)24-45(7,57-12)42(61-44-39(52)35(50(9)10)22-27(3)58-44)29(5)40(30(6)43(54)59-36)60-37(51)23-31-14-18-33(47)19-15-31/h14-21,25-30,35-36,39-42,44,52-53,55H,13,22-24H2,1-12H3/b48-25+,49-38+/t26-,27?,28+,29+,30-,35?,36-,39?,40+,41-,42-,44?,45-,46-/m1/s1. The van der Waals surface area contributed by atoms with E-state index >= 15 is 0 Å². The molecule has 0 aromatic heterocycles. The number of rotatable bonds is 11. The lowest BCUT2D eigenvalue weighted by molar-refractivity contribution is -0.301. The minimum Gasteiger partial charge on any atom is -0.497 e. The third-order valence-corrected chi connectivity index (χ3v) is 12.5. The zero-order chi connectivity index (χ0) is 45.4. The number of ether oxygens (including phenoxy) is 6. The van der Waals surface area contributed by atoms with E-state index in [1.54, 1.807) is 53.2 Å². The lowest BCUT2D eigenvalue weighted by Crippen LogP contribution is -2.60. The molecule has 0 aliphatic carbocycles. The molecule has 2 aromatic rings. The van der Waals surface area contributed by atoms with Gasteiger partial charge < -0.3 is 48.6 Å². The second kappa shape index (κ2) is 21.5. The van der Waals surface area contributed by atoms with Crippen molar-refractivity contribution in [2.24, 2.45) is 33.9 Å². The third kappa shape index (κ3) is 12.2. The van der Waals surface area contributed by atoms with Gasteiger partial charge in [0.15, 0.2) is 6.29 Å². The molecule has 4 rings (SSSR count). The molecule has 0 spiro atoms. The molecular weight excluding hydrogens is 790 g/mol. The van der Waals surface area contributed by atoms with Gasteiger partial charge in [-0.05, 0) is 114 Å². The smallest absolute Gasteiger partial charge is 0.312 e. The fourth-order valence-electron chi connectivity index (χ4n) is 8.80. The van der Waals surface area contributed by atoms with Crippen molar-refractivity contribution >= 4 is 23.9 Å². The summed E-state index contributed by atoms with van der Waals surface area (Å²) in [5.74, 6) is -4.60. The van der Waals surface area contributed by atoms with Crippen molar-refractivity contribution in [3.63, 3.8) is 0 Å². The molecule has 2 saturated heterocycles. The monoisotopic (exact) mass is 857 g/mol. The number of carbonyl (C=O) groups is 2. The quantitative estimate of drug-likeness (QED) is 0.150. The van der Waals surface area contributed by atoms with Crippen LogP contribution in [0.1, 0.15) is 85.8 Å². The van der Waals surface area contributed by atoms with Crippen molar-refractivity contribution in [2.45, 2.75) is 141 Å². The van der Waals surface area contributed by atoms with Crippen LogP contribution in [-0.4, -0.2) is 133 Å². The van der Waals surface area contributed by atoms with Gasteiger partial charge in [-0.2, -0.15) is 10.2 Å². The van der Waals surface area contributed by atoms with E-state index in [0.29, 0.717) is 23.4 Å². The van der Waals surface area contributed by atoms with Gasteiger partial charge in [-0.1, -0.05) is 39.8 Å². The Morgan fingerprint density at radius 2 is 1.64 bits per heavy atom. The van der Waals surface area contributed by atoms with Gasteiger partial charge in [0.25, 0.3) is 0 Å². The van der Waals surface area contributed by atoms with Gasteiger partial charge in [-0.25, -0.2) is 4.39 Å². The highest BCUT2D eigenvalue weighted by molar-refractivity contribution is 5.90. The molecule has 340 valence electrons. The van der Waals surface area contributed by atoms with E-state index in [1.807, 2.05) is 51.9 Å². The minimum atomic E-state index is -1.97. The van der Waals surface area contributed by atoms with Crippen LogP contribution < -0.4 is 4.74 Å². The van der Waals surface area contributed by atoms with E-state index in [4.69, 9.17) is 28.4 Å². The molecular formula is C46H68FN3O11. The Kier molecular flexibility index (Phi) is 17.6. The maximum atomic E-state index is 14.3. The van der Waals surface area contributed by atoms with Crippen LogP contribution in [0, 0.1) is 29.5 Å². The van der Waals surface area contributed by atoms with Crippen molar-refractivity contribution in [1.82, 2.24) is 4.90 Å². The van der Waals surface area contributed by atoms with E-state index in [1.165, 1.54) is 38.3 Å². The fraction of sp³-hybridized carbons (Fsp3) is 0.652. The zero-order valence-corrected chi connectivity index (χ0v) is 37.8. The molecule has 2 aliphatic heterocycles. The van der Waals surface area contributed by atoms with Crippen LogP contribution in [0.5, 0.6) is 5.75 Å². The van der Waals surface area contributed by atoms with Crippen molar-refractivity contribution in [2.75, 3.05) is 28.3 Å². The van der Waals surface area contributed by atoms with Gasteiger partial charge in [-0.15, -0.1) is 0 Å². The van der Waals surface area contributed by atoms with Crippen LogP contribution in [0.4, 0.5) is 4.39 Å². The molecule has 15 heteroatoms. The van der Waals surface area contributed by atoms with Crippen LogP contribution in [0.2, 0.25) is 0 Å². The van der Waals surface area contributed by atoms with E-state index in [-0.39, 0.29) is 31.4 Å². The highest BCUT2D eigenvalue weighted by atomic mass is 19.1. The van der Waals surface area contributed by atoms with Gasteiger partial charge in [-0.3, -0.25) is 9.59 Å². The summed E-state index contributed by atoms with van der Waals surface area (Å²) in [6.07, 6.45) is -5.33. The molecule has 2 fully saturated rings.